The molecule has 0 radical (unpaired) electrons. The number of carbonyl (C=O) groups is 1. The summed E-state index contributed by atoms with van der Waals surface area (Å²) < 4.78 is 4.97. The zero-order valence-electron chi connectivity index (χ0n) is 12.2. The Morgan fingerprint density at radius 2 is 2.14 bits per heavy atom. The van der Waals surface area contributed by atoms with Crippen molar-refractivity contribution in [3.05, 3.63) is 11.1 Å². The van der Waals surface area contributed by atoms with E-state index in [-0.39, 0.29) is 11.3 Å². The fourth-order valence-corrected chi connectivity index (χ4v) is 4.26. The van der Waals surface area contributed by atoms with Gasteiger partial charge in [-0.2, -0.15) is 4.37 Å². The van der Waals surface area contributed by atoms with Crippen LogP contribution in [0.15, 0.2) is 14.9 Å². The van der Waals surface area contributed by atoms with E-state index in [0.29, 0.717) is 10.9 Å². The van der Waals surface area contributed by atoms with Crippen LogP contribution >= 0.6 is 46.4 Å². The number of hydrogen-bond donors (Lipinski definition) is 1. The summed E-state index contributed by atoms with van der Waals surface area (Å²) in [7, 11) is 0. The Morgan fingerprint density at radius 3 is 2.71 bits per heavy atom. The number of nitrogens with zero attached hydrogens (tertiary/aromatic N) is 3. The second-order valence-electron chi connectivity index (χ2n) is 5.17. The van der Waals surface area contributed by atoms with Crippen LogP contribution in [0.5, 0.6) is 0 Å². The molecule has 21 heavy (non-hydrogen) atoms. The van der Waals surface area contributed by atoms with Crippen molar-refractivity contribution < 1.29 is 4.79 Å². The Bertz CT molecular complexity index is 617. The van der Waals surface area contributed by atoms with E-state index in [1.165, 1.54) is 46.4 Å². The largest absolute Gasteiger partial charge is 0.301 e. The third kappa shape index (κ3) is 4.94. The van der Waals surface area contributed by atoms with Crippen LogP contribution in [0.3, 0.4) is 0 Å². The average molecular weight is 361 g/mol. The first-order chi connectivity index (χ1) is 9.88. The molecule has 5 nitrogen and oxygen atoms in total. The highest BCUT2D eigenvalue weighted by atomic mass is 32.2. The molecule has 2 rings (SSSR count). The second-order valence-corrected chi connectivity index (χ2v) is 8.78. The molecule has 0 bridgehead atoms. The Hall–Kier alpha value is -0.640. The first-order valence-corrected chi connectivity index (χ1v) is 10.0. The number of hydrogen-bond acceptors (Lipinski definition) is 8. The summed E-state index contributed by atoms with van der Waals surface area (Å²) in [5, 5.41) is 6.20. The zero-order chi connectivity index (χ0) is 15.5. The van der Waals surface area contributed by atoms with Crippen LogP contribution in [0.25, 0.3) is 0 Å². The molecule has 0 aromatic carbocycles. The van der Waals surface area contributed by atoms with Crippen molar-refractivity contribution in [3.63, 3.8) is 0 Å². The van der Waals surface area contributed by atoms with Gasteiger partial charge in [0.1, 0.15) is 0 Å². The molecule has 114 valence electrons. The molecule has 2 aromatic heterocycles. The number of nitrogens with one attached hydrogen (secondary N) is 1. The van der Waals surface area contributed by atoms with Crippen molar-refractivity contribution in [1.82, 2.24) is 14.3 Å². The van der Waals surface area contributed by atoms with Crippen molar-refractivity contribution in [2.24, 2.45) is 0 Å². The highest BCUT2D eigenvalue weighted by Gasteiger charge is 2.18. The molecule has 9 heteroatoms. The first kappa shape index (κ1) is 16.7. The van der Waals surface area contributed by atoms with Gasteiger partial charge in [-0.05, 0) is 17.8 Å². The van der Waals surface area contributed by atoms with E-state index in [0.717, 1.165) is 15.2 Å². The molecule has 0 aliphatic rings. The number of amides is 1. The maximum absolute atomic E-state index is 11.9. The van der Waals surface area contributed by atoms with Crippen molar-refractivity contribution in [3.8, 4) is 0 Å². The second kappa shape index (κ2) is 7.08. The topological polar surface area (TPSA) is 67.8 Å². The average Bonchev–Trinajstić information content (AvgIpc) is 3.04. The minimum absolute atomic E-state index is 0.00495. The quantitative estimate of drug-likeness (QED) is 0.819. The van der Waals surface area contributed by atoms with Crippen molar-refractivity contribution in [2.45, 2.75) is 35.7 Å². The summed E-state index contributed by atoms with van der Waals surface area (Å²) in [5.74, 6) is 0.240. The van der Waals surface area contributed by atoms with Gasteiger partial charge in [0.2, 0.25) is 11.1 Å². The van der Waals surface area contributed by atoms with Crippen LogP contribution in [0.2, 0.25) is 0 Å². The van der Waals surface area contributed by atoms with Crippen LogP contribution in [0.1, 0.15) is 26.5 Å². The maximum Gasteiger partial charge on any atom is 0.236 e. The van der Waals surface area contributed by atoms with Gasteiger partial charge in [-0.25, -0.2) is 9.97 Å². The number of rotatable bonds is 5. The van der Waals surface area contributed by atoms with Crippen molar-refractivity contribution >= 4 is 57.4 Å². The van der Waals surface area contributed by atoms with Gasteiger partial charge in [-0.15, -0.1) is 11.3 Å². The van der Waals surface area contributed by atoms with Gasteiger partial charge in [-0.1, -0.05) is 44.3 Å². The van der Waals surface area contributed by atoms with E-state index in [9.17, 15) is 4.79 Å². The summed E-state index contributed by atoms with van der Waals surface area (Å²) in [4.78, 5) is 20.6. The van der Waals surface area contributed by atoms with E-state index in [1.807, 2.05) is 11.6 Å². The molecular formula is C12H16N4OS4. The number of aromatic nitrogens is 3. The lowest BCUT2D eigenvalue weighted by atomic mass is 9.93. The lowest BCUT2D eigenvalue weighted by Gasteiger charge is -2.14. The van der Waals surface area contributed by atoms with Gasteiger partial charge < -0.3 is 5.32 Å². The fraction of sp³-hybridized carbons (Fsp3) is 0.500. The number of anilines is 1. The normalized spacial score (nSPS) is 11.6. The third-order valence-corrected chi connectivity index (χ3v) is 5.67. The van der Waals surface area contributed by atoms with Crippen LogP contribution in [0, 0.1) is 0 Å². The number of thiazole rings is 1. The Kier molecular flexibility index (Phi) is 5.64. The van der Waals surface area contributed by atoms with Crippen LogP contribution < -0.4 is 5.32 Å². The highest BCUT2D eigenvalue weighted by Crippen LogP contribution is 2.27. The minimum Gasteiger partial charge on any atom is -0.301 e. The fourth-order valence-electron chi connectivity index (χ4n) is 1.30. The van der Waals surface area contributed by atoms with Gasteiger partial charge in [0, 0.05) is 10.8 Å². The SMILES string of the molecule is CSc1nsc(SCC(=O)Nc2nc(C(C)(C)C)cs2)n1. The monoisotopic (exact) mass is 360 g/mol. The molecule has 0 saturated carbocycles. The predicted molar refractivity (Wildman–Crippen MR) is 91.9 cm³/mol. The molecule has 1 N–H and O–H groups in total. The van der Waals surface area contributed by atoms with E-state index in [2.05, 4.69) is 40.4 Å². The minimum atomic E-state index is -0.0734. The van der Waals surface area contributed by atoms with E-state index in [4.69, 9.17) is 0 Å². The van der Waals surface area contributed by atoms with Crippen molar-refractivity contribution in [1.29, 1.82) is 0 Å². The molecule has 0 spiro atoms. The van der Waals surface area contributed by atoms with Gasteiger partial charge >= 0.3 is 0 Å². The van der Waals surface area contributed by atoms with Gasteiger partial charge in [-0.3, -0.25) is 4.79 Å². The Labute approximate surface area is 140 Å². The van der Waals surface area contributed by atoms with Crippen LogP contribution in [-0.4, -0.2) is 32.3 Å². The third-order valence-electron chi connectivity index (χ3n) is 2.42. The molecule has 0 saturated heterocycles. The number of carbonyl (C=O) groups excluding carboxylic acids is 1. The van der Waals surface area contributed by atoms with E-state index < -0.39 is 0 Å². The van der Waals surface area contributed by atoms with Gasteiger partial charge in [0.25, 0.3) is 0 Å². The summed E-state index contributed by atoms with van der Waals surface area (Å²) >= 11 is 5.66. The van der Waals surface area contributed by atoms with Gasteiger partial charge in [0.15, 0.2) is 9.47 Å². The van der Waals surface area contributed by atoms with E-state index >= 15 is 0 Å². The maximum atomic E-state index is 11.9. The van der Waals surface area contributed by atoms with Gasteiger partial charge in [0.05, 0.1) is 11.4 Å². The smallest absolute Gasteiger partial charge is 0.236 e. The standard InChI is InChI=1S/C12H16N4OS4/c1-12(2,3)7-5-19-9(13-7)14-8(17)6-20-11-15-10(18-4)16-21-11/h5H,6H2,1-4H3,(H,13,14,17). The highest BCUT2D eigenvalue weighted by molar-refractivity contribution is 8.01. The molecule has 0 atom stereocenters. The molecule has 0 unspecified atom stereocenters. The molecule has 0 aliphatic carbocycles. The molecular weight excluding hydrogens is 344 g/mol. The summed E-state index contributed by atoms with van der Waals surface area (Å²) in [6.07, 6.45) is 1.93. The molecule has 0 fully saturated rings. The Balaban J connectivity index is 1.85. The summed E-state index contributed by atoms with van der Waals surface area (Å²) in [5.41, 5.74) is 0.985. The predicted octanol–water partition coefficient (Wildman–Crippen LogP) is 3.74. The molecule has 0 aliphatic heterocycles. The van der Waals surface area contributed by atoms with Crippen LogP contribution in [0.4, 0.5) is 5.13 Å². The Morgan fingerprint density at radius 1 is 1.38 bits per heavy atom. The molecule has 2 aromatic rings. The first-order valence-electron chi connectivity index (χ1n) is 6.15. The van der Waals surface area contributed by atoms with Crippen LogP contribution in [-0.2, 0) is 10.2 Å². The number of thioether (sulfide) groups is 2. The summed E-state index contributed by atoms with van der Waals surface area (Å²) in [6, 6.07) is 0. The lowest BCUT2D eigenvalue weighted by Crippen LogP contribution is -2.15. The summed E-state index contributed by atoms with van der Waals surface area (Å²) in [6.45, 7) is 6.30. The molecule has 2 heterocycles. The zero-order valence-corrected chi connectivity index (χ0v) is 15.4. The lowest BCUT2D eigenvalue weighted by molar-refractivity contribution is -0.113. The van der Waals surface area contributed by atoms with Crippen molar-refractivity contribution in [2.75, 3.05) is 17.3 Å². The van der Waals surface area contributed by atoms with E-state index in [1.54, 1.807) is 0 Å². The molecule has 1 amide bonds.